The molecule has 7 nitrogen and oxygen atoms in total. The number of nitrogens with zero attached hydrogens (tertiary/aromatic N) is 4. The normalized spacial score (nSPS) is 17.6. The monoisotopic (exact) mass is 354 g/mol. The minimum atomic E-state index is -3.63. The Hall–Kier alpha value is -2.94. The summed E-state index contributed by atoms with van der Waals surface area (Å²) in [5.41, 5.74) is 0.843. The summed E-state index contributed by atoms with van der Waals surface area (Å²) in [5.74, 6) is 0.307. The van der Waals surface area contributed by atoms with Gasteiger partial charge in [0.05, 0.1) is 34.7 Å². The van der Waals surface area contributed by atoms with Crippen LogP contribution in [0.15, 0.2) is 47.5 Å². The van der Waals surface area contributed by atoms with Crippen LogP contribution in [-0.4, -0.2) is 36.9 Å². The highest BCUT2D eigenvalue weighted by molar-refractivity contribution is 7.89. The number of ether oxygens (including phenoxy) is 1. The second kappa shape index (κ2) is 6.89. The van der Waals surface area contributed by atoms with Crippen LogP contribution in [0.4, 0.5) is 0 Å². The van der Waals surface area contributed by atoms with Crippen LogP contribution in [0.2, 0.25) is 0 Å². The third kappa shape index (κ3) is 3.61. The number of nitriles is 2. The van der Waals surface area contributed by atoms with Crippen molar-refractivity contribution >= 4 is 10.0 Å². The molecule has 25 heavy (non-hydrogen) atoms. The lowest BCUT2D eigenvalue weighted by Crippen LogP contribution is -2.31. The molecule has 3 rings (SSSR count). The molecule has 1 aliphatic rings. The molecule has 8 heteroatoms. The molecule has 1 aliphatic heterocycles. The molecule has 0 radical (unpaired) electrons. The third-order valence-electron chi connectivity index (χ3n) is 3.88. The highest BCUT2D eigenvalue weighted by Crippen LogP contribution is 2.24. The summed E-state index contributed by atoms with van der Waals surface area (Å²) < 4.78 is 32.4. The van der Waals surface area contributed by atoms with E-state index in [0.717, 1.165) is 0 Å². The van der Waals surface area contributed by atoms with E-state index in [0.29, 0.717) is 30.0 Å². The molecule has 0 bridgehead atoms. The second-order valence-electron chi connectivity index (χ2n) is 5.52. The minimum Gasteiger partial charge on any atom is -0.473 e. The molecule has 126 valence electrons. The zero-order valence-electron chi connectivity index (χ0n) is 13.2. The number of hydrogen-bond acceptors (Lipinski definition) is 6. The third-order valence-corrected chi connectivity index (χ3v) is 5.76. The van der Waals surface area contributed by atoms with Gasteiger partial charge in [0.2, 0.25) is 15.9 Å². The SMILES string of the molecule is N#Cc1ccc(S(=O)(=O)N2CCC(Oc3cc(C#N)ccn3)C2)cc1. The van der Waals surface area contributed by atoms with Crippen molar-refractivity contribution in [2.24, 2.45) is 0 Å². The topological polar surface area (TPSA) is 107 Å². The van der Waals surface area contributed by atoms with E-state index < -0.39 is 10.0 Å². The van der Waals surface area contributed by atoms with Crippen molar-refractivity contribution < 1.29 is 13.2 Å². The molecule has 0 spiro atoms. The summed E-state index contributed by atoms with van der Waals surface area (Å²) in [7, 11) is -3.63. The Kier molecular flexibility index (Phi) is 4.66. The van der Waals surface area contributed by atoms with Crippen LogP contribution in [0.25, 0.3) is 0 Å². The van der Waals surface area contributed by atoms with Crippen molar-refractivity contribution in [3.8, 4) is 18.0 Å². The largest absolute Gasteiger partial charge is 0.473 e. The highest BCUT2D eigenvalue weighted by atomic mass is 32.2. The summed E-state index contributed by atoms with van der Waals surface area (Å²) >= 11 is 0. The maximum absolute atomic E-state index is 12.7. The molecular weight excluding hydrogens is 340 g/mol. The van der Waals surface area contributed by atoms with Gasteiger partial charge in [0.1, 0.15) is 6.10 Å². The number of hydrogen-bond donors (Lipinski definition) is 0. The quantitative estimate of drug-likeness (QED) is 0.826. The molecule has 1 aromatic heterocycles. The van der Waals surface area contributed by atoms with Gasteiger partial charge in [-0.05, 0) is 36.8 Å². The van der Waals surface area contributed by atoms with E-state index in [9.17, 15) is 8.42 Å². The standard InChI is InChI=1S/C17H14N4O3S/c18-10-13-1-3-16(4-2-13)25(22,23)21-8-6-15(12-21)24-17-9-14(11-19)5-7-20-17/h1-5,7,9,15H,6,8,12H2. The van der Waals surface area contributed by atoms with Crippen LogP contribution in [0.3, 0.4) is 0 Å². The number of pyridine rings is 1. The van der Waals surface area contributed by atoms with Crippen LogP contribution in [0, 0.1) is 22.7 Å². The zero-order chi connectivity index (χ0) is 17.9. The first-order valence-corrected chi connectivity index (χ1v) is 9.00. The second-order valence-corrected chi connectivity index (χ2v) is 7.46. The lowest BCUT2D eigenvalue weighted by molar-refractivity contribution is 0.207. The van der Waals surface area contributed by atoms with E-state index in [4.69, 9.17) is 15.3 Å². The summed E-state index contributed by atoms with van der Waals surface area (Å²) in [6.45, 7) is 0.547. The van der Waals surface area contributed by atoms with Crippen LogP contribution in [-0.2, 0) is 10.0 Å². The van der Waals surface area contributed by atoms with Gasteiger partial charge in [-0.2, -0.15) is 14.8 Å². The zero-order valence-corrected chi connectivity index (χ0v) is 14.0. The van der Waals surface area contributed by atoms with Gasteiger partial charge in [0, 0.05) is 18.8 Å². The number of benzene rings is 1. The molecule has 0 amide bonds. The highest BCUT2D eigenvalue weighted by Gasteiger charge is 2.33. The first-order valence-electron chi connectivity index (χ1n) is 7.56. The number of aromatic nitrogens is 1. The Balaban J connectivity index is 1.71. The lowest BCUT2D eigenvalue weighted by Gasteiger charge is -2.17. The summed E-state index contributed by atoms with van der Waals surface area (Å²) in [6.07, 6.45) is 1.69. The lowest BCUT2D eigenvalue weighted by atomic mass is 10.2. The van der Waals surface area contributed by atoms with Crippen LogP contribution in [0.1, 0.15) is 17.5 Å². The molecule has 0 aliphatic carbocycles. The predicted octanol–water partition coefficient (Wildman–Crippen LogP) is 1.67. The van der Waals surface area contributed by atoms with Gasteiger partial charge in [-0.15, -0.1) is 0 Å². The first-order chi connectivity index (χ1) is 12.0. The van der Waals surface area contributed by atoms with E-state index >= 15 is 0 Å². The van der Waals surface area contributed by atoms with Gasteiger partial charge in [-0.25, -0.2) is 13.4 Å². The van der Waals surface area contributed by atoms with Crippen LogP contribution in [0.5, 0.6) is 5.88 Å². The maximum atomic E-state index is 12.7. The van der Waals surface area contributed by atoms with E-state index in [1.165, 1.54) is 40.8 Å². The molecule has 1 unspecified atom stereocenters. The van der Waals surface area contributed by atoms with Crippen molar-refractivity contribution in [2.75, 3.05) is 13.1 Å². The van der Waals surface area contributed by atoms with E-state index in [1.807, 2.05) is 12.1 Å². The Bertz CT molecular complexity index is 959. The molecular formula is C17H14N4O3S. The van der Waals surface area contributed by atoms with Crippen molar-refractivity contribution in [3.05, 3.63) is 53.7 Å². The van der Waals surface area contributed by atoms with Crippen molar-refractivity contribution in [1.82, 2.24) is 9.29 Å². The van der Waals surface area contributed by atoms with E-state index in [1.54, 1.807) is 6.07 Å². The Morgan fingerprint density at radius 1 is 1.12 bits per heavy atom. The fourth-order valence-electron chi connectivity index (χ4n) is 2.58. The fraction of sp³-hybridized carbons (Fsp3) is 0.235. The maximum Gasteiger partial charge on any atom is 0.243 e. The minimum absolute atomic E-state index is 0.150. The smallest absolute Gasteiger partial charge is 0.243 e. The van der Waals surface area contributed by atoms with Crippen LogP contribution >= 0.6 is 0 Å². The van der Waals surface area contributed by atoms with Gasteiger partial charge >= 0.3 is 0 Å². The molecule has 0 N–H and O–H groups in total. The van der Waals surface area contributed by atoms with Crippen molar-refractivity contribution in [1.29, 1.82) is 10.5 Å². The Morgan fingerprint density at radius 2 is 1.84 bits per heavy atom. The van der Waals surface area contributed by atoms with Gasteiger partial charge in [-0.3, -0.25) is 0 Å². The number of sulfonamides is 1. The molecule has 1 aromatic carbocycles. The molecule has 1 fully saturated rings. The molecule has 0 saturated carbocycles. The van der Waals surface area contributed by atoms with Gasteiger partial charge in [0.25, 0.3) is 0 Å². The van der Waals surface area contributed by atoms with Gasteiger partial charge in [-0.1, -0.05) is 0 Å². The molecule has 2 aromatic rings. The Labute approximate surface area is 145 Å². The summed E-state index contributed by atoms with van der Waals surface area (Å²) in [6, 6.07) is 12.9. The van der Waals surface area contributed by atoms with Gasteiger partial charge < -0.3 is 4.74 Å². The van der Waals surface area contributed by atoms with E-state index in [-0.39, 0.29) is 17.5 Å². The van der Waals surface area contributed by atoms with E-state index in [2.05, 4.69) is 4.98 Å². The molecule has 1 saturated heterocycles. The molecule has 2 heterocycles. The summed E-state index contributed by atoms with van der Waals surface area (Å²) in [5, 5.41) is 17.7. The Morgan fingerprint density at radius 3 is 2.52 bits per heavy atom. The van der Waals surface area contributed by atoms with Crippen molar-refractivity contribution in [2.45, 2.75) is 17.4 Å². The number of rotatable bonds is 4. The van der Waals surface area contributed by atoms with Crippen LogP contribution < -0.4 is 4.74 Å². The van der Waals surface area contributed by atoms with Crippen molar-refractivity contribution in [3.63, 3.8) is 0 Å². The average molecular weight is 354 g/mol. The predicted molar refractivity (Wildman–Crippen MR) is 87.9 cm³/mol. The molecule has 1 atom stereocenters. The first kappa shape index (κ1) is 16.9. The van der Waals surface area contributed by atoms with Gasteiger partial charge in [0.15, 0.2) is 0 Å². The summed E-state index contributed by atoms with van der Waals surface area (Å²) in [4.78, 5) is 4.19. The average Bonchev–Trinajstić information content (AvgIpc) is 3.11. The fourth-order valence-corrected chi connectivity index (χ4v) is 4.06.